The topological polar surface area (TPSA) is 27.7 Å². The molecule has 0 aliphatic rings. The molecule has 49 heavy (non-hydrogen) atoms. The van der Waals surface area contributed by atoms with Crippen LogP contribution in [0.5, 0.6) is 0 Å². The normalized spacial score (nSPS) is 13.6. The molecule has 0 bridgehead atoms. The zero-order chi connectivity index (χ0) is 36.7. The van der Waals surface area contributed by atoms with Crippen molar-refractivity contribution in [2.45, 2.75) is 107 Å². The monoisotopic (exact) mass is 942 g/mol. The number of benzene rings is 2. The van der Waals surface area contributed by atoms with Gasteiger partial charge in [-0.1, -0.05) is 0 Å². The third-order valence-electron chi connectivity index (χ3n) is 7.64. The van der Waals surface area contributed by atoms with E-state index in [-0.39, 0.29) is 43.8 Å². The van der Waals surface area contributed by atoms with Crippen LogP contribution < -0.4 is 0 Å². The molecule has 0 saturated heterocycles. The summed E-state index contributed by atoms with van der Waals surface area (Å²) in [5, 5.41) is 0. The molecule has 0 radical (unpaired) electrons. The van der Waals surface area contributed by atoms with Crippen LogP contribution in [-0.2, 0) is 20.4 Å². The average molecular weight is 940 g/mol. The van der Waals surface area contributed by atoms with Crippen molar-refractivity contribution in [3.63, 3.8) is 0 Å². The maximum atomic E-state index is 13.3. The van der Waals surface area contributed by atoms with Crippen molar-refractivity contribution >= 4 is 38.4 Å². The number of alkyl halides is 12. The van der Waals surface area contributed by atoms with Gasteiger partial charge in [-0.2, -0.15) is 0 Å². The SMILES string of the molecule is FC(F)(F)CC[CH2][Sn]([CH2]CCC(F)(F)F)([O]CCc1ccccc1)[O][Sn]([CH2]CCC(F)(F)F)([CH2]CCC(F)(F)F)[O]CCc1ccccc1. The van der Waals surface area contributed by atoms with Crippen LogP contribution in [0, 0.1) is 0 Å². The molecule has 0 atom stereocenters. The van der Waals surface area contributed by atoms with E-state index < -0.39 is 114 Å². The molecule has 280 valence electrons. The van der Waals surface area contributed by atoms with Gasteiger partial charge in [0.05, 0.1) is 0 Å². The van der Waals surface area contributed by atoms with Gasteiger partial charge in [0, 0.05) is 0 Å². The molecular weight excluding hydrogens is 898 g/mol. The first kappa shape index (κ1) is 44.2. The van der Waals surface area contributed by atoms with Crippen LogP contribution in [0.2, 0.25) is 17.7 Å². The summed E-state index contributed by atoms with van der Waals surface area (Å²) >= 11 is -10.5. The molecule has 0 aliphatic heterocycles. The van der Waals surface area contributed by atoms with E-state index >= 15 is 0 Å². The molecule has 17 heteroatoms. The van der Waals surface area contributed by atoms with Gasteiger partial charge in [-0.25, -0.2) is 0 Å². The van der Waals surface area contributed by atoms with Gasteiger partial charge in [-0.3, -0.25) is 0 Å². The second-order valence-corrected chi connectivity index (χ2v) is 34.2. The van der Waals surface area contributed by atoms with Crippen molar-refractivity contribution in [1.29, 1.82) is 0 Å². The Balaban J connectivity index is 2.56. The Labute approximate surface area is 289 Å². The van der Waals surface area contributed by atoms with E-state index in [2.05, 4.69) is 0 Å². The number of hydrogen-bond donors (Lipinski definition) is 0. The van der Waals surface area contributed by atoms with E-state index in [1.807, 2.05) is 0 Å². The maximum absolute atomic E-state index is 13.3. The van der Waals surface area contributed by atoms with Crippen molar-refractivity contribution in [1.82, 2.24) is 0 Å². The summed E-state index contributed by atoms with van der Waals surface area (Å²) in [6, 6.07) is 17.3. The van der Waals surface area contributed by atoms with E-state index in [1.165, 1.54) is 0 Å². The Morgan fingerprint density at radius 2 is 0.673 bits per heavy atom. The van der Waals surface area contributed by atoms with E-state index in [4.69, 9.17) is 7.56 Å². The molecular formula is C32H42F12O3Sn2. The molecule has 0 amide bonds. The van der Waals surface area contributed by atoms with E-state index in [0.29, 0.717) is 0 Å². The molecule has 0 N–H and O–H groups in total. The fourth-order valence-corrected chi connectivity index (χ4v) is 45.8. The van der Waals surface area contributed by atoms with Gasteiger partial charge < -0.3 is 0 Å². The van der Waals surface area contributed by atoms with Gasteiger partial charge >= 0.3 is 290 Å². The summed E-state index contributed by atoms with van der Waals surface area (Å²) in [5.74, 6) is 0. The fraction of sp³-hybridized carbons (Fsp3) is 0.625. The van der Waals surface area contributed by atoms with Gasteiger partial charge in [-0.15, -0.1) is 0 Å². The van der Waals surface area contributed by atoms with E-state index in [9.17, 15) is 52.7 Å². The standard InChI is InChI=1S/2C8H9O.4C4H6F3.O.2Sn/c2*9-7-6-8-4-2-1-3-5-8;4*1-2-3-4(5,6)7;;;/h2*1-5H,6-7H2;4*1-3H2;;;/q2*-1;;;;;;2*+1. The minimum absolute atomic E-state index is 0.158. The molecule has 0 heterocycles. The number of rotatable bonds is 22. The average Bonchev–Trinajstić information content (AvgIpc) is 2.95. The third-order valence-corrected chi connectivity index (χ3v) is 40.9. The molecule has 3 nitrogen and oxygen atoms in total. The number of halogens is 12. The summed E-state index contributed by atoms with van der Waals surface area (Å²) in [6.07, 6.45) is -25.6. The summed E-state index contributed by atoms with van der Waals surface area (Å²) < 4.78 is 177. The first-order valence-electron chi connectivity index (χ1n) is 16.0. The van der Waals surface area contributed by atoms with E-state index in [0.717, 1.165) is 11.1 Å². The summed E-state index contributed by atoms with van der Waals surface area (Å²) in [7, 11) is 0. The predicted octanol–water partition coefficient (Wildman–Crippen LogP) is 11.8. The zero-order valence-electron chi connectivity index (χ0n) is 26.8. The first-order chi connectivity index (χ1) is 22.7. The molecule has 2 aromatic rings. The third kappa shape index (κ3) is 21.3. The summed E-state index contributed by atoms with van der Waals surface area (Å²) in [6.45, 7) is -0.315. The molecule has 2 aromatic carbocycles. The molecule has 0 spiro atoms. The number of hydrogen-bond acceptors (Lipinski definition) is 3. The van der Waals surface area contributed by atoms with Crippen LogP contribution in [0.3, 0.4) is 0 Å². The Bertz CT molecular complexity index is 1040. The van der Waals surface area contributed by atoms with Crippen molar-refractivity contribution in [3.05, 3.63) is 71.8 Å². The summed E-state index contributed by atoms with van der Waals surface area (Å²) in [4.78, 5) is 0. The zero-order valence-corrected chi connectivity index (χ0v) is 32.6. The second-order valence-electron chi connectivity index (χ2n) is 12.0. The minimum atomic E-state index is -5.24. The predicted molar refractivity (Wildman–Crippen MR) is 165 cm³/mol. The molecule has 2 rings (SSSR count). The molecule has 0 aromatic heterocycles. The fourth-order valence-electron chi connectivity index (χ4n) is 5.37. The first-order valence-corrected chi connectivity index (χ1v) is 28.8. The Morgan fingerprint density at radius 1 is 0.408 bits per heavy atom. The van der Waals surface area contributed by atoms with Crippen molar-refractivity contribution in [3.8, 4) is 0 Å². The van der Waals surface area contributed by atoms with Crippen LogP contribution in [-0.4, -0.2) is 76.3 Å². The molecule has 0 unspecified atom stereocenters. The van der Waals surface area contributed by atoms with Crippen LogP contribution in [0.25, 0.3) is 0 Å². The van der Waals surface area contributed by atoms with Gasteiger partial charge in [-0.05, 0) is 0 Å². The van der Waals surface area contributed by atoms with Crippen molar-refractivity contribution in [2.75, 3.05) is 13.2 Å². The van der Waals surface area contributed by atoms with Gasteiger partial charge in [0.2, 0.25) is 0 Å². The van der Waals surface area contributed by atoms with Crippen molar-refractivity contribution < 1.29 is 60.2 Å². The molecule has 0 fully saturated rings. The quantitative estimate of drug-likeness (QED) is 0.0870. The van der Waals surface area contributed by atoms with Gasteiger partial charge in [0.15, 0.2) is 0 Å². The Morgan fingerprint density at radius 3 is 0.918 bits per heavy atom. The van der Waals surface area contributed by atoms with Crippen molar-refractivity contribution in [2.24, 2.45) is 0 Å². The van der Waals surface area contributed by atoms with Gasteiger partial charge in [0.1, 0.15) is 0 Å². The van der Waals surface area contributed by atoms with Crippen LogP contribution in [0.4, 0.5) is 52.7 Å². The van der Waals surface area contributed by atoms with Crippen LogP contribution >= 0.6 is 0 Å². The Hall–Kier alpha value is -0.923. The van der Waals surface area contributed by atoms with Crippen LogP contribution in [0.15, 0.2) is 60.7 Å². The molecule has 0 aliphatic carbocycles. The molecule has 0 saturated carbocycles. The second kappa shape index (κ2) is 20.4. The van der Waals surface area contributed by atoms with Gasteiger partial charge in [0.25, 0.3) is 0 Å². The summed E-state index contributed by atoms with van der Waals surface area (Å²) in [5.41, 5.74) is 1.50. The van der Waals surface area contributed by atoms with Crippen LogP contribution in [0.1, 0.15) is 62.5 Å². The van der Waals surface area contributed by atoms with E-state index in [1.54, 1.807) is 60.7 Å². The Kier molecular flexibility index (Phi) is 18.4.